The summed E-state index contributed by atoms with van der Waals surface area (Å²) >= 11 is 0. The predicted molar refractivity (Wildman–Crippen MR) is 78.9 cm³/mol. The van der Waals surface area contributed by atoms with Crippen molar-refractivity contribution < 1.29 is 0 Å². The van der Waals surface area contributed by atoms with Gasteiger partial charge in [0.2, 0.25) is 0 Å². The van der Waals surface area contributed by atoms with E-state index in [1.54, 1.807) is 0 Å². The molecule has 1 saturated carbocycles. The predicted octanol–water partition coefficient (Wildman–Crippen LogP) is 2.67. The van der Waals surface area contributed by atoms with Crippen molar-refractivity contribution in [2.24, 2.45) is 11.3 Å². The molecule has 1 aromatic carbocycles. The Bertz CT molecular complexity index is 625. The van der Waals surface area contributed by atoms with Crippen LogP contribution in [0.3, 0.4) is 0 Å². The summed E-state index contributed by atoms with van der Waals surface area (Å²) in [5.74, 6) is 1.46. The van der Waals surface area contributed by atoms with Crippen LogP contribution in [-0.2, 0) is 6.54 Å². The SMILES string of the molecule is Cc1ccc(-c2nnnn2CC2(C(C)C)CC2)cc1N. The lowest BCUT2D eigenvalue weighted by Gasteiger charge is -2.19. The fraction of sp³-hybridized carbons (Fsp3) is 0.533. The van der Waals surface area contributed by atoms with Gasteiger partial charge in [0.15, 0.2) is 5.82 Å². The normalized spacial score (nSPS) is 16.6. The summed E-state index contributed by atoms with van der Waals surface area (Å²) in [5.41, 5.74) is 9.20. The smallest absolute Gasteiger partial charge is 0.182 e. The number of aryl methyl sites for hydroxylation is 1. The van der Waals surface area contributed by atoms with Crippen LogP contribution in [-0.4, -0.2) is 20.2 Å². The number of hydrogen-bond acceptors (Lipinski definition) is 4. The summed E-state index contributed by atoms with van der Waals surface area (Å²) < 4.78 is 1.93. The number of benzene rings is 1. The van der Waals surface area contributed by atoms with E-state index in [0.29, 0.717) is 11.3 Å². The molecular weight excluding hydrogens is 250 g/mol. The van der Waals surface area contributed by atoms with Crippen LogP contribution < -0.4 is 5.73 Å². The second-order valence-electron chi connectivity index (χ2n) is 6.25. The van der Waals surface area contributed by atoms with Crippen molar-refractivity contribution in [3.05, 3.63) is 23.8 Å². The summed E-state index contributed by atoms with van der Waals surface area (Å²) in [6.07, 6.45) is 2.53. The monoisotopic (exact) mass is 271 g/mol. The Morgan fingerprint density at radius 3 is 2.70 bits per heavy atom. The highest BCUT2D eigenvalue weighted by atomic mass is 15.5. The summed E-state index contributed by atoms with van der Waals surface area (Å²) in [5, 5.41) is 12.2. The van der Waals surface area contributed by atoms with Crippen LogP contribution in [0.15, 0.2) is 18.2 Å². The van der Waals surface area contributed by atoms with Crippen LogP contribution in [0.25, 0.3) is 11.4 Å². The number of anilines is 1. The molecule has 5 nitrogen and oxygen atoms in total. The van der Waals surface area contributed by atoms with Gasteiger partial charge in [0.1, 0.15) is 0 Å². The molecule has 0 radical (unpaired) electrons. The lowest BCUT2D eigenvalue weighted by Crippen LogP contribution is -2.19. The average molecular weight is 271 g/mol. The van der Waals surface area contributed by atoms with Gasteiger partial charge in [-0.25, -0.2) is 4.68 Å². The van der Waals surface area contributed by atoms with Gasteiger partial charge in [0.05, 0.1) is 6.54 Å². The molecule has 0 atom stereocenters. The van der Waals surface area contributed by atoms with E-state index < -0.39 is 0 Å². The Hall–Kier alpha value is -1.91. The number of nitrogens with zero attached hydrogens (tertiary/aromatic N) is 4. The molecule has 0 saturated heterocycles. The van der Waals surface area contributed by atoms with E-state index in [4.69, 9.17) is 5.73 Å². The molecule has 5 heteroatoms. The Morgan fingerprint density at radius 1 is 1.35 bits per heavy atom. The minimum atomic E-state index is 0.375. The molecule has 0 amide bonds. The van der Waals surface area contributed by atoms with E-state index in [0.717, 1.165) is 29.2 Å². The second-order valence-corrected chi connectivity index (χ2v) is 6.25. The average Bonchev–Trinajstić information content (AvgIpc) is 3.05. The van der Waals surface area contributed by atoms with Crippen LogP contribution in [0.5, 0.6) is 0 Å². The molecule has 0 bridgehead atoms. The van der Waals surface area contributed by atoms with E-state index >= 15 is 0 Å². The first-order valence-electron chi connectivity index (χ1n) is 7.14. The maximum absolute atomic E-state index is 5.99. The molecule has 3 rings (SSSR count). The molecule has 1 fully saturated rings. The zero-order valence-corrected chi connectivity index (χ0v) is 12.3. The molecule has 0 spiro atoms. The molecule has 0 aliphatic heterocycles. The lowest BCUT2D eigenvalue weighted by molar-refractivity contribution is 0.294. The quantitative estimate of drug-likeness (QED) is 0.868. The van der Waals surface area contributed by atoms with E-state index in [1.807, 2.05) is 29.8 Å². The molecule has 1 aliphatic rings. The van der Waals surface area contributed by atoms with Crippen molar-refractivity contribution in [1.82, 2.24) is 20.2 Å². The standard InChI is InChI=1S/C15H21N5/c1-10(2)15(6-7-15)9-20-14(17-18-19-20)12-5-4-11(3)13(16)8-12/h4-5,8,10H,6-7,9,16H2,1-3H3. The van der Waals surface area contributed by atoms with Crippen LogP contribution in [0.4, 0.5) is 5.69 Å². The third-order valence-corrected chi connectivity index (χ3v) is 4.65. The van der Waals surface area contributed by atoms with Crippen LogP contribution in [0.1, 0.15) is 32.3 Å². The minimum Gasteiger partial charge on any atom is -0.398 e. The third-order valence-electron chi connectivity index (χ3n) is 4.65. The van der Waals surface area contributed by atoms with Gasteiger partial charge in [-0.1, -0.05) is 26.0 Å². The van der Waals surface area contributed by atoms with E-state index in [9.17, 15) is 0 Å². The van der Waals surface area contributed by atoms with Crippen LogP contribution >= 0.6 is 0 Å². The molecule has 20 heavy (non-hydrogen) atoms. The molecule has 0 unspecified atom stereocenters. The summed E-state index contributed by atoms with van der Waals surface area (Å²) in [6.45, 7) is 7.45. The fourth-order valence-corrected chi connectivity index (χ4v) is 2.67. The summed E-state index contributed by atoms with van der Waals surface area (Å²) in [6, 6.07) is 5.99. The van der Waals surface area contributed by atoms with Crippen molar-refractivity contribution in [3.63, 3.8) is 0 Å². The zero-order valence-electron chi connectivity index (χ0n) is 12.3. The van der Waals surface area contributed by atoms with E-state index in [1.165, 1.54) is 12.8 Å². The molecule has 106 valence electrons. The molecule has 1 aliphatic carbocycles. The van der Waals surface area contributed by atoms with Gasteiger partial charge in [-0.05, 0) is 53.2 Å². The van der Waals surface area contributed by atoms with E-state index in [2.05, 4.69) is 29.4 Å². The van der Waals surface area contributed by atoms with Gasteiger partial charge in [-0.2, -0.15) is 0 Å². The molecule has 2 N–H and O–H groups in total. The number of nitrogen functional groups attached to an aromatic ring is 1. The maximum Gasteiger partial charge on any atom is 0.182 e. The Balaban J connectivity index is 1.92. The van der Waals surface area contributed by atoms with Crippen molar-refractivity contribution in [2.45, 2.75) is 40.2 Å². The lowest BCUT2D eigenvalue weighted by atomic mass is 9.92. The first-order valence-corrected chi connectivity index (χ1v) is 7.14. The van der Waals surface area contributed by atoms with Crippen LogP contribution in [0, 0.1) is 18.3 Å². The van der Waals surface area contributed by atoms with Crippen LogP contribution in [0.2, 0.25) is 0 Å². The Kier molecular flexibility index (Phi) is 3.00. The number of tetrazole rings is 1. The highest BCUT2D eigenvalue weighted by Crippen LogP contribution is 2.53. The Morgan fingerprint density at radius 2 is 2.10 bits per heavy atom. The highest BCUT2D eigenvalue weighted by molar-refractivity contribution is 5.63. The first-order chi connectivity index (χ1) is 9.52. The molecule has 2 aromatic rings. The van der Waals surface area contributed by atoms with Gasteiger partial charge < -0.3 is 5.73 Å². The number of rotatable bonds is 4. The number of hydrogen-bond donors (Lipinski definition) is 1. The van der Waals surface area contributed by atoms with E-state index in [-0.39, 0.29) is 0 Å². The summed E-state index contributed by atoms with van der Waals surface area (Å²) in [7, 11) is 0. The maximum atomic E-state index is 5.99. The fourth-order valence-electron chi connectivity index (χ4n) is 2.67. The van der Waals surface area contributed by atoms with Crippen molar-refractivity contribution in [2.75, 3.05) is 5.73 Å². The third kappa shape index (κ3) is 2.17. The molecule has 1 heterocycles. The van der Waals surface area contributed by atoms with Crippen molar-refractivity contribution in [1.29, 1.82) is 0 Å². The zero-order chi connectivity index (χ0) is 14.3. The topological polar surface area (TPSA) is 69.6 Å². The number of nitrogens with two attached hydrogens (primary N) is 1. The Labute approximate surface area is 119 Å². The minimum absolute atomic E-state index is 0.375. The molecule has 1 aromatic heterocycles. The second kappa shape index (κ2) is 4.58. The van der Waals surface area contributed by atoms with Gasteiger partial charge in [0, 0.05) is 11.3 Å². The summed E-state index contributed by atoms with van der Waals surface area (Å²) in [4.78, 5) is 0. The van der Waals surface area contributed by atoms with Gasteiger partial charge in [0.25, 0.3) is 0 Å². The van der Waals surface area contributed by atoms with Crippen molar-refractivity contribution in [3.8, 4) is 11.4 Å². The largest absolute Gasteiger partial charge is 0.398 e. The van der Waals surface area contributed by atoms with Gasteiger partial charge >= 0.3 is 0 Å². The highest BCUT2D eigenvalue weighted by Gasteiger charge is 2.46. The first kappa shape index (κ1) is 13.1. The van der Waals surface area contributed by atoms with Gasteiger partial charge in [-0.15, -0.1) is 5.10 Å². The molecular formula is C15H21N5. The number of aromatic nitrogens is 4. The van der Waals surface area contributed by atoms with Gasteiger partial charge in [-0.3, -0.25) is 0 Å². The van der Waals surface area contributed by atoms with Crippen molar-refractivity contribution >= 4 is 5.69 Å².